The molecule has 3 N–H and O–H groups in total. The van der Waals surface area contributed by atoms with Gasteiger partial charge in [-0.15, -0.1) is 0 Å². The Bertz CT molecular complexity index is 764. The summed E-state index contributed by atoms with van der Waals surface area (Å²) in [4.78, 5) is 17.5. The highest BCUT2D eigenvalue weighted by Gasteiger charge is 2.18. The van der Waals surface area contributed by atoms with Crippen LogP contribution in [0.15, 0.2) is 24.3 Å². The molecule has 7 heteroatoms. The SMILES string of the molecule is CCN(C)c1nc(Nc2cc(C)cc(OC)c2)c(C(N)=O)cc1F. The van der Waals surface area contributed by atoms with E-state index in [2.05, 4.69) is 10.3 Å². The van der Waals surface area contributed by atoms with Gasteiger partial charge in [-0.05, 0) is 37.6 Å². The van der Waals surface area contributed by atoms with Crippen LogP contribution in [-0.2, 0) is 0 Å². The van der Waals surface area contributed by atoms with Gasteiger partial charge in [0.2, 0.25) is 0 Å². The Hall–Kier alpha value is -2.83. The van der Waals surface area contributed by atoms with Gasteiger partial charge in [0.1, 0.15) is 11.6 Å². The molecule has 0 saturated carbocycles. The monoisotopic (exact) mass is 332 g/mol. The van der Waals surface area contributed by atoms with Crippen molar-refractivity contribution >= 4 is 23.2 Å². The van der Waals surface area contributed by atoms with Gasteiger partial charge in [-0.2, -0.15) is 0 Å². The van der Waals surface area contributed by atoms with Crippen molar-refractivity contribution in [2.45, 2.75) is 13.8 Å². The smallest absolute Gasteiger partial charge is 0.252 e. The predicted molar refractivity (Wildman–Crippen MR) is 92.7 cm³/mol. The van der Waals surface area contributed by atoms with Gasteiger partial charge in [-0.25, -0.2) is 9.37 Å². The van der Waals surface area contributed by atoms with Gasteiger partial charge in [-0.1, -0.05) is 0 Å². The molecule has 0 aliphatic carbocycles. The molecule has 0 saturated heterocycles. The van der Waals surface area contributed by atoms with E-state index in [1.54, 1.807) is 25.1 Å². The van der Waals surface area contributed by atoms with Crippen LogP contribution in [0.3, 0.4) is 0 Å². The molecular weight excluding hydrogens is 311 g/mol. The second-order valence-corrected chi connectivity index (χ2v) is 5.43. The van der Waals surface area contributed by atoms with Crippen molar-refractivity contribution in [3.05, 3.63) is 41.2 Å². The summed E-state index contributed by atoms with van der Waals surface area (Å²) in [6, 6.07) is 6.59. The highest BCUT2D eigenvalue weighted by atomic mass is 19.1. The summed E-state index contributed by atoms with van der Waals surface area (Å²) < 4.78 is 19.4. The number of pyridine rings is 1. The Labute approximate surface area is 140 Å². The number of aromatic nitrogens is 1. The molecule has 0 bridgehead atoms. The summed E-state index contributed by atoms with van der Waals surface area (Å²) in [7, 11) is 3.28. The molecule has 2 rings (SSSR count). The molecule has 1 heterocycles. The van der Waals surface area contributed by atoms with Crippen molar-refractivity contribution in [3.63, 3.8) is 0 Å². The Kier molecular flexibility index (Phi) is 5.23. The maximum absolute atomic E-state index is 14.2. The molecule has 0 aliphatic rings. The van der Waals surface area contributed by atoms with E-state index in [4.69, 9.17) is 10.5 Å². The minimum Gasteiger partial charge on any atom is -0.497 e. The fraction of sp³-hybridized carbons (Fsp3) is 0.294. The number of nitrogens with zero attached hydrogens (tertiary/aromatic N) is 2. The zero-order valence-corrected chi connectivity index (χ0v) is 14.2. The van der Waals surface area contributed by atoms with Gasteiger partial charge in [0.15, 0.2) is 11.6 Å². The number of hydrogen-bond donors (Lipinski definition) is 2. The van der Waals surface area contributed by atoms with E-state index >= 15 is 0 Å². The Morgan fingerprint density at radius 3 is 2.67 bits per heavy atom. The molecule has 1 aromatic heterocycles. The maximum Gasteiger partial charge on any atom is 0.252 e. The van der Waals surface area contributed by atoms with E-state index in [9.17, 15) is 9.18 Å². The number of benzene rings is 1. The predicted octanol–water partition coefficient (Wildman–Crippen LogP) is 2.84. The molecule has 2 aromatic rings. The van der Waals surface area contributed by atoms with E-state index in [1.165, 1.54) is 0 Å². The number of aryl methyl sites for hydroxylation is 1. The largest absolute Gasteiger partial charge is 0.497 e. The van der Waals surface area contributed by atoms with Crippen molar-refractivity contribution in [3.8, 4) is 5.75 Å². The summed E-state index contributed by atoms with van der Waals surface area (Å²) in [6.07, 6.45) is 0. The van der Waals surface area contributed by atoms with Crippen LogP contribution in [0.2, 0.25) is 0 Å². The number of carbonyl (C=O) groups excluding carboxylic acids is 1. The van der Waals surface area contributed by atoms with Gasteiger partial charge >= 0.3 is 0 Å². The summed E-state index contributed by atoms with van der Waals surface area (Å²) in [5, 5.41) is 3.03. The number of nitrogens with two attached hydrogens (primary N) is 1. The second kappa shape index (κ2) is 7.16. The number of ether oxygens (including phenoxy) is 1. The third kappa shape index (κ3) is 3.73. The first kappa shape index (κ1) is 17.5. The average Bonchev–Trinajstić information content (AvgIpc) is 2.54. The molecule has 24 heavy (non-hydrogen) atoms. The molecule has 1 aromatic carbocycles. The first-order valence-corrected chi connectivity index (χ1v) is 7.49. The summed E-state index contributed by atoms with van der Waals surface area (Å²) in [5.41, 5.74) is 6.97. The van der Waals surface area contributed by atoms with Crippen molar-refractivity contribution < 1.29 is 13.9 Å². The molecule has 0 radical (unpaired) electrons. The van der Waals surface area contributed by atoms with Crippen LogP contribution in [0.1, 0.15) is 22.8 Å². The number of hydrogen-bond acceptors (Lipinski definition) is 5. The van der Waals surface area contributed by atoms with Crippen LogP contribution in [-0.4, -0.2) is 31.6 Å². The Balaban J connectivity index is 2.51. The van der Waals surface area contributed by atoms with Gasteiger partial charge in [-0.3, -0.25) is 4.79 Å². The first-order valence-electron chi connectivity index (χ1n) is 7.49. The third-order valence-electron chi connectivity index (χ3n) is 3.61. The van der Waals surface area contributed by atoms with Crippen LogP contribution >= 0.6 is 0 Å². The molecule has 0 spiro atoms. The van der Waals surface area contributed by atoms with E-state index in [0.717, 1.165) is 11.6 Å². The molecule has 6 nitrogen and oxygen atoms in total. The zero-order valence-electron chi connectivity index (χ0n) is 14.2. The van der Waals surface area contributed by atoms with Crippen LogP contribution in [0.4, 0.5) is 21.7 Å². The Morgan fingerprint density at radius 1 is 1.38 bits per heavy atom. The van der Waals surface area contributed by atoms with Gasteiger partial charge in [0, 0.05) is 25.3 Å². The minimum atomic E-state index is -0.755. The summed E-state index contributed by atoms with van der Waals surface area (Å²) in [6.45, 7) is 4.36. The minimum absolute atomic E-state index is 0.0128. The average molecular weight is 332 g/mol. The van der Waals surface area contributed by atoms with E-state index < -0.39 is 11.7 Å². The van der Waals surface area contributed by atoms with Gasteiger partial charge < -0.3 is 20.7 Å². The van der Waals surface area contributed by atoms with Crippen molar-refractivity contribution in [1.82, 2.24) is 4.98 Å². The van der Waals surface area contributed by atoms with E-state index in [1.807, 2.05) is 26.0 Å². The van der Waals surface area contributed by atoms with E-state index in [-0.39, 0.29) is 17.2 Å². The molecule has 0 aliphatic heterocycles. The van der Waals surface area contributed by atoms with E-state index in [0.29, 0.717) is 18.0 Å². The number of anilines is 3. The molecule has 0 fully saturated rings. The van der Waals surface area contributed by atoms with Crippen molar-refractivity contribution in [1.29, 1.82) is 0 Å². The van der Waals surface area contributed by atoms with Crippen LogP contribution in [0.5, 0.6) is 5.75 Å². The molecular formula is C17H21FN4O2. The standard InChI is InChI=1S/C17H21FN4O2/c1-5-22(3)17-14(18)9-13(15(19)23)16(21-17)20-11-6-10(2)7-12(8-11)24-4/h6-9H,5H2,1-4H3,(H2,19,23)(H,20,21). The quantitative estimate of drug-likeness (QED) is 0.850. The number of primary amides is 1. The fourth-order valence-electron chi connectivity index (χ4n) is 2.25. The van der Waals surface area contributed by atoms with Crippen molar-refractivity contribution in [2.75, 3.05) is 30.9 Å². The van der Waals surface area contributed by atoms with Crippen LogP contribution < -0.4 is 20.7 Å². The fourth-order valence-corrected chi connectivity index (χ4v) is 2.25. The van der Waals surface area contributed by atoms with Crippen molar-refractivity contribution in [2.24, 2.45) is 5.73 Å². The normalized spacial score (nSPS) is 10.4. The summed E-state index contributed by atoms with van der Waals surface area (Å²) >= 11 is 0. The molecule has 0 atom stereocenters. The summed E-state index contributed by atoms with van der Waals surface area (Å²) in [5.74, 6) is -0.350. The third-order valence-corrected chi connectivity index (χ3v) is 3.61. The maximum atomic E-state index is 14.2. The number of nitrogens with one attached hydrogen (secondary N) is 1. The lowest BCUT2D eigenvalue weighted by atomic mass is 10.2. The number of methoxy groups -OCH3 is 1. The lowest BCUT2D eigenvalue weighted by molar-refractivity contribution is 0.100. The number of halogens is 1. The number of rotatable bonds is 6. The van der Waals surface area contributed by atoms with Crippen LogP contribution in [0.25, 0.3) is 0 Å². The topological polar surface area (TPSA) is 80.5 Å². The Morgan fingerprint density at radius 2 is 2.08 bits per heavy atom. The molecule has 0 unspecified atom stereocenters. The van der Waals surface area contributed by atoms with Gasteiger partial charge in [0.25, 0.3) is 5.91 Å². The van der Waals surface area contributed by atoms with Gasteiger partial charge in [0.05, 0.1) is 12.7 Å². The van der Waals surface area contributed by atoms with Crippen LogP contribution in [0, 0.1) is 12.7 Å². The number of amides is 1. The molecule has 128 valence electrons. The first-order chi connectivity index (χ1) is 11.3. The molecule has 1 amide bonds. The lowest BCUT2D eigenvalue weighted by Gasteiger charge is -2.19. The lowest BCUT2D eigenvalue weighted by Crippen LogP contribution is -2.21. The zero-order chi connectivity index (χ0) is 17.9. The highest BCUT2D eigenvalue weighted by molar-refractivity contribution is 5.98. The second-order valence-electron chi connectivity index (χ2n) is 5.43. The highest BCUT2D eigenvalue weighted by Crippen LogP contribution is 2.27. The number of carbonyl (C=O) groups is 1.